The molecule has 1 aromatic carbocycles. The molecule has 2 N–H and O–H groups in total. The van der Waals surface area contributed by atoms with E-state index in [2.05, 4.69) is 10.6 Å². The summed E-state index contributed by atoms with van der Waals surface area (Å²) in [5.41, 5.74) is 0.0431. The maximum absolute atomic E-state index is 12.4. The summed E-state index contributed by atoms with van der Waals surface area (Å²) in [4.78, 5) is 36.1. The van der Waals surface area contributed by atoms with Crippen molar-refractivity contribution < 1.29 is 32.3 Å². The number of rotatable bonds is 9. The van der Waals surface area contributed by atoms with E-state index in [0.29, 0.717) is 0 Å². The summed E-state index contributed by atoms with van der Waals surface area (Å²) < 4.78 is 33.0. The Morgan fingerprint density at radius 3 is 2.28 bits per heavy atom. The van der Waals surface area contributed by atoms with Crippen LogP contribution in [0.3, 0.4) is 0 Å². The Kier molecular flexibility index (Phi) is 9.09. The molecule has 0 aliphatic heterocycles. The quantitative estimate of drug-likeness (QED) is 0.565. The van der Waals surface area contributed by atoms with Gasteiger partial charge in [0, 0.05) is 6.26 Å². The molecule has 0 spiro atoms. The molecule has 1 atom stereocenters. The highest BCUT2D eigenvalue weighted by atomic mass is 32.2. The molecule has 0 fully saturated rings. The standard InChI is InChI=1S/C19H28N2O7S/c1-19(2,3)28-16(22)12-20-17(23)15(10-11-29(4,25)26)21-18(24)27-13-14-8-6-5-7-9-14/h5-9,15H,10-13H2,1-4H3,(H,20,23)(H,21,24)/t15-/m0/s1. The Morgan fingerprint density at radius 1 is 1.10 bits per heavy atom. The van der Waals surface area contributed by atoms with Crippen LogP contribution in [0, 0.1) is 0 Å². The number of nitrogens with one attached hydrogen (secondary N) is 2. The first kappa shape index (κ1) is 24.4. The van der Waals surface area contributed by atoms with Gasteiger partial charge in [-0.3, -0.25) is 9.59 Å². The first-order valence-electron chi connectivity index (χ1n) is 9.00. The van der Waals surface area contributed by atoms with E-state index in [1.807, 2.05) is 6.07 Å². The fourth-order valence-electron chi connectivity index (χ4n) is 2.17. The molecule has 1 rings (SSSR count). The molecule has 0 aromatic heterocycles. The second-order valence-electron chi connectivity index (χ2n) is 7.48. The van der Waals surface area contributed by atoms with E-state index in [0.717, 1.165) is 11.8 Å². The van der Waals surface area contributed by atoms with Crippen molar-refractivity contribution in [3.8, 4) is 0 Å². The minimum Gasteiger partial charge on any atom is -0.459 e. The normalized spacial score (nSPS) is 12.6. The fourth-order valence-corrected chi connectivity index (χ4v) is 2.83. The van der Waals surface area contributed by atoms with Crippen LogP contribution in [0.25, 0.3) is 0 Å². The maximum atomic E-state index is 12.4. The van der Waals surface area contributed by atoms with Gasteiger partial charge in [0.15, 0.2) is 0 Å². The highest BCUT2D eigenvalue weighted by molar-refractivity contribution is 7.90. The molecule has 0 aliphatic rings. The molecule has 10 heteroatoms. The maximum Gasteiger partial charge on any atom is 0.408 e. The predicted molar refractivity (Wildman–Crippen MR) is 107 cm³/mol. The zero-order valence-corrected chi connectivity index (χ0v) is 17.9. The average molecular weight is 429 g/mol. The molecule has 0 heterocycles. The zero-order chi connectivity index (χ0) is 22.1. The molecule has 1 aromatic rings. The van der Waals surface area contributed by atoms with Crippen molar-refractivity contribution in [1.82, 2.24) is 10.6 Å². The third kappa shape index (κ3) is 11.7. The van der Waals surface area contributed by atoms with Crippen LogP contribution in [-0.4, -0.2) is 56.6 Å². The van der Waals surface area contributed by atoms with Gasteiger partial charge in [-0.15, -0.1) is 0 Å². The van der Waals surface area contributed by atoms with Crippen molar-refractivity contribution in [2.75, 3.05) is 18.6 Å². The van der Waals surface area contributed by atoms with Gasteiger partial charge in [-0.25, -0.2) is 13.2 Å². The molecule has 0 saturated carbocycles. The topological polar surface area (TPSA) is 128 Å². The Labute approximate surface area is 171 Å². The SMILES string of the molecule is CC(C)(C)OC(=O)CNC(=O)[C@H](CCS(C)(=O)=O)NC(=O)OCc1ccccc1. The van der Waals surface area contributed by atoms with Crippen LogP contribution in [0.1, 0.15) is 32.8 Å². The van der Waals surface area contributed by atoms with E-state index in [1.165, 1.54) is 0 Å². The largest absolute Gasteiger partial charge is 0.459 e. The molecule has 0 unspecified atom stereocenters. The highest BCUT2D eigenvalue weighted by Gasteiger charge is 2.24. The molecule has 0 bridgehead atoms. The van der Waals surface area contributed by atoms with Gasteiger partial charge in [-0.1, -0.05) is 30.3 Å². The lowest BCUT2D eigenvalue weighted by atomic mass is 10.2. The van der Waals surface area contributed by atoms with Crippen LogP contribution in [0.15, 0.2) is 30.3 Å². The summed E-state index contributed by atoms with van der Waals surface area (Å²) in [6.45, 7) is 4.64. The first-order chi connectivity index (χ1) is 13.4. The van der Waals surface area contributed by atoms with Crippen molar-refractivity contribution >= 4 is 27.8 Å². The van der Waals surface area contributed by atoms with Crippen molar-refractivity contribution in [2.45, 2.75) is 45.4 Å². The van der Waals surface area contributed by atoms with Crippen LogP contribution in [0.5, 0.6) is 0 Å². The number of carbonyl (C=O) groups is 3. The van der Waals surface area contributed by atoms with Crippen LogP contribution < -0.4 is 10.6 Å². The molecule has 2 amide bonds. The van der Waals surface area contributed by atoms with E-state index < -0.39 is 46.0 Å². The molecule has 9 nitrogen and oxygen atoms in total. The monoisotopic (exact) mass is 428 g/mol. The number of alkyl carbamates (subject to hydrolysis) is 1. The average Bonchev–Trinajstić information content (AvgIpc) is 2.60. The summed E-state index contributed by atoms with van der Waals surface area (Å²) in [5.74, 6) is -1.69. The second-order valence-corrected chi connectivity index (χ2v) is 9.74. The third-order valence-electron chi connectivity index (χ3n) is 3.43. The van der Waals surface area contributed by atoms with Gasteiger partial charge in [0.1, 0.15) is 34.6 Å². The smallest absolute Gasteiger partial charge is 0.408 e. The van der Waals surface area contributed by atoms with Crippen molar-refractivity contribution in [2.24, 2.45) is 0 Å². The van der Waals surface area contributed by atoms with E-state index in [1.54, 1.807) is 45.0 Å². The van der Waals surface area contributed by atoms with E-state index >= 15 is 0 Å². The van der Waals surface area contributed by atoms with Gasteiger partial charge in [0.25, 0.3) is 0 Å². The van der Waals surface area contributed by atoms with E-state index in [-0.39, 0.29) is 18.8 Å². The summed E-state index contributed by atoms with van der Waals surface area (Å²) >= 11 is 0. The van der Waals surface area contributed by atoms with Gasteiger partial charge >= 0.3 is 12.1 Å². The fraction of sp³-hybridized carbons (Fsp3) is 0.526. The van der Waals surface area contributed by atoms with Crippen molar-refractivity contribution in [1.29, 1.82) is 0 Å². The molecule has 0 aliphatic carbocycles. The van der Waals surface area contributed by atoms with Crippen LogP contribution in [0.4, 0.5) is 4.79 Å². The lowest BCUT2D eigenvalue weighted by Gasteiger charge is -2.21. The number of benzene rings is 1. The summed E-state index contributed by atoms with van der Waals surface area (Å²) in [6.07, 6.45) is -0.0183. The number of carbonyl (C=O) groups excluding carboxylic acids is 3. The molecular weight excluding hydrogens is 400 g/mol. The second kappa shape index (κ2) is 10.8. The van der Waals surface area contributed by atoms with E-state index in [4.69, 9.17) is 9.47 Å². The van der Waals surface area contributed by atoms with Crippen LogP contribution in [0.2, 0.25) is 0 Å². The molecule has 162 valence electrons. The van der Waals surface area contributed by atoms with Crippen molar-refractivity contribution in [3.63, 3.8) is 0 Å². The lowest BCUT2D eigenvalue weighted by molar-refractivity contribution is -0.154. The highest BCUT2D eigenvalue weighted by Crippen LogP contribution is 2.06. The zero-order valence-electron chi connectivity index (χ0n) is 17.1. The first-order valence-corrected chi connectivity index (χ1v) is 11.1. The summed E-state index contributed by atoms with van der Waals surface area (Å²) in [7, 11) is -3.36. The third-order valence-corrected chi connectivity index (χ3v) is 4.40. The predicted octanol–water partition coefficient (Wildman–Crippen LogP) is 1.17. The Hall–Kier alpha value is -2.62. The van der Waals surface area contributed by atoms with E-state index in [9.17, 15) is 22.8 Å². The lowest BCUT2D eigenvalue weighted by Crippen LogP contribution is -2.49. The number of esters is 1. The minimum absolute atomic E-state index is 0.00893. The van der Waals surface area contributed by atoms with Gasteiger partial charge < -0.3 is 20.1 Å². The van der Waals surface area contributed by atoms with Crippen LogP contribution in [-0.2, 0) is 35.5 Å². The van der Waals surface area contributed by atoms with Gasteiger partial charge in [0.2, 0.25) is 5.91 Å². The molecular formula is C19H28N2O7S. The molecule has 0 radical (unpaired) electrons. The number of sulfone groups is 1. The molecule has 0 saturated heterocycles. The summed E-state index contributed by atoms with van der Waals surface area (Å²) in [5, 5.41) is 4.68. The Bertz CT molecular complexity index is 802. The number of hydrogen-bond acceptors (Lipinski definition) is 7. The Balaban J connectivity index is 2.65. The summed E-state index contributed by atoms with van der Waals surface area (Å²) in [6, 6.07) is 7.74. The van der Waals surface area contributed by atoms with Gasteiger partial charge in [-0.2, -0.15) is 0 Å². The van der Waals surface area contributed by atoms with Crippen molar-refractivity contribution in [3.05, 3.63) is 35.9 Å². The number of amides is 2. The van der Waals surface area contributed by atoms with Gasteiger partial charge in [-0.05, 0) is 32.8 Å². The number of ether oxygens (including phenoxy) is 2. The minimum atomic E-state index is -3.36. The van der Waals surface area contributed by atoms with Crippen LogP contribution >= 0.6 is 0 Å². The Morgan fingerprint density at radius 2 is 1.72 bits per heavy atom. The molecule has 29 heavy (non-hydrogen) atoms. The number of hydrogen-bond donors (Lipinski definition) is 2. The van der Waals surface area contributed by atoms with Gasteiger partial charge in [0.05, 0.1) is 5.75 Å².